The monoisotopic (exact) mass is 185 g/mol. The number of rotatable bonds is 2. The summed E-state index contributed by atoms with van der Waals surface area (Å²) in [5, 5.41) is 21.0. The molecule has 2 unspecified atom stereocenters. The third-order valence-electron chi connectivity index (χ3n) is 1.86. The Balaban J connectivity index is 2.19. The van der Waals surface area contributed by atoms with E-state index in [4.69, 9.17) is 0 Å². The van der Waals surface area contributed by atoms with Crippen LogP contribution < -0.4 is 10.9 Å². The lowest BCUT2D eigenvalue weighted by molar-refractivity contribution is -0.533. The standard InChI is InChI=1S/C4H7N7O2/c12-11(13)4-3(1-5-7-4)10-2-6-8-9-10/h2-5,7H,1H2. The lowest BCUT2D eigenvalue weighted by Gasteiger charge is -2.09. The molecule has 0 aromatic carbocycles. The van der Waals surface area contributed by atoms with Crippen LogP contribution in [0.5, 0.6) is 0 Å². The van der Waals surface area contributed by atoms with Crippen molar-refractivity contribution >= 4 is 0 Å². The van der Waals surface area contributed by atoms with E-state index in [0.29, 0.717) is 6.54 Å². The van der Waals surface area contributed by atoms with Gasteiger partial charge < -0.3 is 0 Å². The van der Waals surface area contributed by atoms with E-state index in [1.54, 1.807) is 0 Å². The summed E-state index contributed by atoms with van der Waals surface area (Å²) in [4.78, 5) is 10.1. The van der Waals surface area contributed by atoms with Crippen LogP contribution in [0.25, 0.3) is 0 Å². The van der Waals surface area contributed by atoms with E-state index in [1.807, 2.05) is 0 Å². The molecule has 2 atom stereocenters. The van der Waals surface area contributed by atoms with Crippen molar-refractivity contribution in [1.29, 1.82) is 0 Å². The summed E-state index contributed by atoms with van der Waals surface area (Å²) in [6.45, 7) is 0.427. The molecule has 0 amide bonds. The highest BCUT2D eigenvalue weighted by Gasteiger charge is 2.38. The van der Waals surface area contributed by atoms with Crippen LogP contribution in [0.15, 0.2) is 6.33 Å². The molecule has 9 nitrogen and oxygen atoms in total. The molecule has 1 saturated heterocycles. The lowest BCUT2D eigenvalue weighted by Crippen LogP contribution is -2.39. The van der Waals surface area contributed by atoms with Crippen LogP contribution in [0, 0.1) is 10.1 Å². The number of nitrogens with one attached hydrogen (secondary N) is 2. The zero-order valence-electron chi connectivity index (χ0n) is 6.49. The molecule has 0 aliphatic carbocycles. The largest absolute Gasteiger partial charge is 0.301 e. The van der Waals surface area contributed by atoms with Gasteiger partial charge >= 0.3 is 6.17 Å². The topological polar surface area (TPSA) is 111 Å². The van der Waals surface area contributed by atoms with Gasteiger partial charge in [0.2, 0.25) is 0 Å². The normalized spacial score (nSPS) is 27.7. The minimum atomic E-state index is -0.886. The van der Waals surface area contributed by atoms with Crippen LogP contribution in [-0.4, -0.2) is 37.8 Å². The van der Waals surface area contributed by atoms with Crippen molar-refractivity contribution in [2.24, 2.45) is 0 Å². The molecule has 1 aromatic rings. The highest BCUT2D eigenvalue weighted by Crippen LogP contribution is 2.12. The Bertz CT molecular complexity index is 297. The minimum absolute atomic E-state index is 0.384. The Hall–Kier alpha value is -1.61. The van der Waals surface area contributed by atoms with Crippen molar-refractivity contribution in [2.45, 2.75) is 12.2 Å². The van der Waals surface area contributed by atoms with Gasteiger partial charge in [0, 0.05) is 11.5 Å². The van der Waals surface area contributed by atoms with Gasteiger partial charge in [-0.1, -0.05) is 0 Å². The predicted octanol–water partition coefficient (Wildman–Crippen LogP) is -2.08. The predicted molar refractivity (Wildman–Crippen MR) is 38.8 cm³/mol. The molecule has 0 bridgehead atoms. The maximum atomic E-state index is 10.5. The molecular weight excluding hydrogens is 178 g/mol. The first-order chi connectivity index (χ1) is 6.29. The average Bonchev–Trinajstić information content (AvgIpc) is 2.74. The molecular formula is C4H7N7O2. The zero-order chi connectivity index (χ0) is 9.26. The summed E-state index contributed by atoms with van der Waals surface area (Å²) in [5.74, 6) is 0. The van der Waals surface area contributed by atoms with E-state index in [9.17, 15) is 10.1 Å². The maximum absolute atomic E-state index is 10.5. The first kappa shape index (κ1) is 8.01. The summed E-state index contributed by atoms with van der Waals surface area (Å²) in [6, 6.07) is -0.384. The second-order valence-electron chi connectivity index (χ2n) is 2.61. The Labute approximate surface area is 72.2 Å². The average molecular weight is 185 g/mol. The van der Waals surface area contributed by atoms with E-state index < -0.39 is 11.1 Å². The number of aromatic nitrogens is 4. The van der Waals surface area contributed by atoms with Gasteiger partial charge in [-0.05, 0) is 10.4 Å². The summed E-state index contributed by atoms with van der Waals surface area (Å²) in [5.41, 5.74) is 5.21. The number of hydrogen-bond donors (Lipinski definition) is 2. The van der Waals surface area contributed by atoms with Crippen LogP contribution in [0.1, 0.15) is 6.04 Å². The third kappa shape index (κ3) is 1.34. The Morgan fingerprint density at radius 3 is 3.15 bits per heavy atom. The summed E-state index contributed by atoms with van der Waals surface area (Å²) < 4.78 is 1.36. The molecule has 13 heavy (non-hydrogen) atoms. The van der Waals surface area contributed by atoms with E-state index >= 15 is 0 Å². The molecule has 0 radical (unpaired) electrons. The molecule has 1 aromatic heterocycles. The van der Waals surface area contributed by atoms with Crippen LogP contribution in [0.3, 0.4) is 0 Å². The van der Waals surface area contributed by atoms with Crippen molar-refractivity contribution in [3.63, 3.8) is 0 Å². The Kier molecular flexibility index (Phi) is 1.87. The molecule has 1 aliphatic heterocycles. The Morgan fingerprint density at radius 2 is 2.54 bits per heavy atom. The van der Waals surface area contributed by atoms with Crippen molar-refractivity contribution in [2.75, 3.05) is 6.54 Å². The van der Waals surface area contributed by atoms with Gasteiger partial charge in [-0.2, -0.15) is 5.43 Å². The van der Waals surface area contributed by atoms with E-state index in [-0.39, 0.29) is 6.04 Å². The van der Waals surface area contributed by atoms with Gasteiger partial charge in [0.1, 0.15) is 6.33 Å². The fraction of sp³-hybridized carbons (Fsp3) is 0.750. The van der Waals surface area contributed by atoms with Gasteiger partial charge in [0.15, 0.2) is 6.04 Å². The highest BCUT2D eigenvalue weighted by molar-refractivity contribution is 4.78. The molecule has 0 spiro atoms. The number of hydrazine groups is 1. The first-order valence-corrected chi connectivity index (χ1v) is 3.63. The van der Waals surface area contributed by atoms with Gasteiger partial charge in [0.25, 0.3) is 0 Å². The summed E-state index contributed by atoms with van der Waals surface area (Å²) in [7, 11) is 0. The number of tetrazole rings is 1. The van der Waals surface area contributed by atoms with E-state index in [1.165, 1.54) is 11.0 Å². The molecule has 2 rings (SSSR count). The van der Waals surface area contributed by atoms with Crippen molar-refractivity contribution in [3.8, 4) is 0 Å². The smallest absolute Gasteiger partial charge is 0.263 e. The second-order valence-corrected chi connectivity index (χ2v) is 2.61. The van der Waals surface area contributed by atoms with Gasteiger partial charge in [0.05, 0.1) is 0 Å². The molecule has 9 heteroatoms. The quantitative estimate of drug-likeness (QED) is 0.402. The molecule has 70 valence electrons. The van der Waals surface area contributed by atoms with Crippen LogP contribution >= 0.6 is 0 Å². The molecule has 1 fully saturated rings. The van der Waals surface area contributed by atoms with Gasteiger partial charge in [-0.3, -0.25) is 10.1 Å². The molecule has 2 heterocycles. The SMILES string of the molecule is O=[N+]([O-])C1NNCC1n1cnnn1. The summed E-state index contributed by atoms with van der Waals surface area (Å²) in [6.07, 6.45) is 0.471. The number of nitro groups is 1. The van der Waals surface area contributed by atoms with Gasteiger partial charge in [-0.25, -0.2) is 10.1 Å². The second kappa shape index (κ2) is 3.03. The fourth-order valence-corrected chi connectivity index (χ4v) is 1.23. The molecule has 1 aliphatic rings. The Morgan fingerprint density at radius 1 is 1.69 bits per heavy atom. The zero-order valence-corrected chi connectivity index (χ0v) is 6.49. The van der Waals surface area contributed by atoms with E-state index in [2.05, 4.69) is 26.4 Å². The lowest BCUT2D eigenvalue weighted by atomic mass is 10.3. The first-order valence-electron chi connectivity index (χ1n) is 3.63. The number of hydrogen-bond acceptors (Lipinski definition) is 7. The third-order valence-corrected chi connectivity index (χ3v) is 1.86. The van der Waals surface area contributed by atoms with Crippen molar-refractivity contribution in [1.82, 2.24) is 31.1 Å². The van der Waals surface area contributed by atoms with Crippen molar-refractivity contribution < 1.29 is 4.92 Å². The van der Waals surface area contributed by atoms with Crippen LogP contribution in [0.4, 0.5) is 0 Å². The highest BCUT2D eigenvalue weighted by atomic mass is 16.6. The van der Waals surface area contributed by atoms with Gasteiger partial charge in [-0.15, -0.1) is 5.10 Å². The van der Waals surface area contributed by atoms with Crippen LogP contribution in [0.2, 0.25) is 0 Å². The maximum Gasteiger partial charge on any atom is 0.301 e. The fourth-order valence-electron chi connectivity index (χ4n) is 1.23. The molecule has 2 N–H and O–H groups in total. The van der Waals surface area contributed by atoms with Crippen LogP contribution in [-0.2, 0) is 0 Å². The number of nitrogens with zero attached hydrogens (tertiary/aromatic N) is 5. The summed E-state index contributed by atoms with van der Waals surface area (Å²) >= 11 is 0. The minimum Gasteiger partial charge on any atom is -0.263 e. The van der Waals surface area contributed by atoms with Crippen molar-refractivity contribution in [3.05, 3.63) is 16.4 Å². The molecule has 0 saturated carbocycles. The van der Waals surface area contributed by atoms with E-state index in [0.717, 1.165) is 0 Å².